The van der Waals surface area contributed by atoms with E-state index in [2.05, 4.69) is 9.40 Å². The molecule has 1 rings (SSSR count). The standard InChI is InChI=1S/C5F3IN2O/c6-5(7,8)4-11-2(1-10)3(9)12-4. The molecule has 0 unspecified atom stereocenters. The average Bonchev–Trinajstić information content (AvgIpc) is 2.29. The van der Waals surface area contributed by atoms with Crippen LogP contribution in [0.5, 0.6) is 0 Å². The number of halogens is 4. The number of hydrogen-bond donors (Lipinski definition) is 0. The summed E-state index contributed by atoms with van der Waals surface area (Å²) in [4.78, 5) is 2.94. The van der Waals surface area contributed by atoms with Crippen LogP contribution in [0.3, 0.4) is 0 Å². The van der Waals surface area contributed by atoms with Crippen molar-refractivity contribution in [2.45, 2.75) is 6.18 Å². The number of aromatic nitrogens is 1. The van der Waals surface area contributed by atoms with E-state index in [9.17, 15) is 13.2 Å². The lowest BCUT2D eigenvalue weighted by Crippen LogP contribution is -2.04. The third-order valence-electron chi connectivity index (χ3n) is 0.934. The zero-order chi connectivity index (χ0) is 9.35. The number of nitrogens with zero attached hydrogens (tertiary/aromatic N) is 2. The highest BCUT2D eigenvalue weighted by molar-refractivity contribution is 14.1. The van der Waals surface area contributed by atoms with E-state index in [1.807, 2.05) is 0 Å². The molecule has 12 heavy (non-hydrogen) atoms. The Morgan fingerprint density at radius 1 is 1.50 bits per heavy atom. The van der Waals surface area contributed by atoms with Crippen molar-refractivity contribution in [1.29, 1.82) is 5.26 Å². The molecule has 3 nitrogen and oxygen atoms in total. The molecular formula is C5F3IN2O. The Morgan fingerprint density at radius 3 is 2.33 bits per heavy atom. The highest BCUT2D eigenvalue weighted by atomic mass is 127. The Labute approximate surface area is 78.3 Å². The van der Waals surface area contributed by atoms with Gasteiger partial charge in [0.1, 0.15) is 6.07 Å². The molecule has 64 valence electrons. The molecule has 1 aromatic heterocycles. The van der Waals surface area contributed by atoms with Gasteiger partial charge >= 0.3 is 12.1 Å². The molecule has 0 aliphatic heterocycles. The van der Waals surface area contributed by atoms with E-state index in [1.165, 1.54) is 28.7 Å². The topological polar surface area (TPSA) is 49.8 Å². The lowest BCUT2D eigenvalue weighted by atomic mass is 10.5. The summed E-state index contributed by atoms with van der Waals surface area (Å²) in [6.07, 6.45) is -4.63. The summed E-state index contributed by atoms with van der Waals surface area (Å²) >= 11 is 1.47. The summed E-state index contributed by atoms with van der Waals surface area (Å²) in [5.41, 5.74) is -0.345. The van der Waals surface area contributed by atoms with Crippen molar-refractivity contribution in [2.24, 2.45) is 0 Å². The SMILES string of the molecule is N#Cc1nc(C(F)(F)F)oc1I. The van der Waals surface area contributed by atoms with Gasteiger partial charge in [0.15, 0.2) is 5.69 Å². The van der Waals surface area contributed by atoms with Crippen LogP contribution in [0.1, 0.15) is 11.6 Å². The zero-order valence-corrected chi connectivity index (χ0v) is 7.47. The molecule has 0 amide bonds. The fourth-order valence-electron chi connectivity index (χ4n) is 0.492. The monoisotopic (exact) mass is 288 g/mol. The van der Waals surface area contributed by atoms with Crippen LogP contribution in [0.2, 0.25) is 0 Å². The van der Waals surface area contributed by atoms with Crippen molar-refractivity contribution >= 4 is 22.6 Å². The normalized spacial score (nSPS) is 11.2. The van der Waals surface area contributed by atoms with Gasteiger partial charge in [0, 0.05) is 22.6 Å². The van der Waals surface area contributed by atoms with Crippen molar-refractivity contribution < 1.29 is 17.6 Å². The molecule has 0 atom stereocenters. The first-order valence-electron chi connectivity index (χ1n) is 2.58. The summed E-state index contributed by atoms with van der Waals surface area (Å²) in [6.45, 7) is 0. The summed E-state index contributed by atoms with van der Waals surface area (Å²) in [7, 11) is 0. The fourth-order valence-corrected chi connectivity index (χ4v) is 0.942. The third-order valence-corrected chi connectivity index (χ3v) is 1.67. The number of rotatable bonds is 0. The Hall–Kier alpha value is -0.780. The van der Waals surface area contributed by atoms with Gasteiger partial charge in [-0.1, -0.05) is 0 Å². The second-order valence-corrected chi connectivity index (χ2v) is 2.73. The van der Waals surface area contributed by atoms with Crippen molar-refractivity contribution in [1.82, 2.24) is 4.98 Å². The molecular weight excluding hydrogens is 288 g/mol. The smallest absolute Gasteiger partial charge is 0.425 e. The first-order valence-corrected chi connectivity index (χ1v) is 3.66. The maximum Gasteiger partial charge on any atom is 0.469 e. The highest BCUT2D eigenvalue weighted by Gasteiger charge is 2.38. The predicted octanol–water partition coefficient (Wildman–Crippen LogP) is 2.17. The predicted molar refractivity (Wildman–Crippen MR) is 38.9 cm³/mol. The van der Waals surface area contributed by atoms with Crippen molar-refractivity contribution in [2.75, 3.05) is 0 Å². The molecule has 0 bridgehead atoms. The highest BCUT2D eigenvalue weighted by Crippen LogP contribution is 2.30. The van der Waals surface area contributed by atoms with Gasteiger partial charge in [0.05, 0.1) is 0 Å². The second-order valence-electron chi connectivity index (χ2n) is 1.75. The van der Waals surface area contributed by atoms with Gasteiger partial charge in [-0.25, -0.2) is 0 Å². The Kier molecular flexibility index (Phi) is 2.27. The van der Waals surface area contributed by atoms with Crippen LogP contribution < -0.4 is 0 Å². The minimum absolute atomic E-state index is 0.151. The molecule has 0 aliphatic carbocycles. The molecule has 1 aromatic rings. The van der Waals surface area contributed by atoms with Crippen LogP contribution in [0.4, 0.5) is 13.2 Å². The van der Waals surface area contributed by atoms with Crippen LogP contribution in [-0.4, -0.2) is 4.98 Å². The van der Waals surface area contributed by atoms with Gasteiger partial charge in [-0.3, -0.25) is 0 Å². The maximum absolute atomic E-state index is 11.8. The molecule has 0 spiro atoms. The van der Waals surface area contributed by atoms with Gasteiger partial charge in [0.25, 0.3) is 0 Å². The minimum Gasteiger partial charge on any atom is -0.425 e. The lowest BCUT2D eigenvalue weighted by molar-refractivity contribution is -0.157. The van der Waals surface area contributed by atoms with E-state index in [0.29, 0.717) is 0 Å². The van der Waals surface area contributed by atoms with Gasteiger partial charge in [0.2, 0.25) is 3.77 Å². The van der Waals surface area contributed by atoms with Gasteiger partial charge < -0.3 is 4.42 Å². The number of alkyl halides is 3. The van der Waals surface area contributed by atoms with Crippen molar-refractivity contribution in [3.63, 3.8) is 0 Å². The van der Waals surface area contributed by atoms with Crippen LogP contribution in [-0.2, 0) is 6.18 Å². The van der Waals surface area contributed by atoms with Crippen LogP contribution in [0.25, 0.3) is 0 Å². The van der Waals surface area contributed by atoms with E-state index >= 15 is 0 Å². The summed E-state index contributed by atoms with van der Waals surface area (Å²) < 4.78 is 39.6. The molecule has 0 aromatic carbocycles. The van der Waals surface area contributed by atoms with E-state index in [0.717, 1.165) is 0 Å². The molecule has 1 heterocycles. The molecule has 0 N–H and O–H groups in total. The molecule has 0 radical (unpaired) electrons. The van der Waals surface area contributed by atoms with Crippen LogP contribution >= 0.6 is 22.6 Å². The largest absolute Gasteiger partial charge is 0.469 e. The molecule has 0 saturated heterocycles. The second kappa shape index (κ2) is 2.93. The van der Waals surface area contributed by atoms with E-state index in [4.69, 9.17) is 5.26 Å². The van der Waals surface area contributed by atoms with E-state index in [-0.39, 0.29) is 9.46 Å². The third kappa shape index (κ3) is 1.69. The molecule has 0 aliphatic rings. The number of nitriles is 1. The van der Waals surface area contributed by atoms with Crippen LogP contribution in [0.15, 0.2) is 4.42 Å². The summed E-state index contributed by atoms with van der Waals surface area (Å²) in [5.74, 6) is -1.39. The number of hydrogen-bond acceptors (Lipinski definition) is 3. The Bertz CT molecular complexity index is 337. The fraction of sp³-hybridized carbons (Fsp3) is 0.200. The van der Waals surface area contributed by atoms with Gasteiger partial charge in [-0.2, -0.15) is 23.4 Å². The minimum atomic E-state index is -4.63. The molecule has 7 heteroatoms. The zero-order valence-electron chi connectivity index (χ0n) is 5.31. The van der Waals surface area contributed by atoms with E-state index < -0.39 is 12.1 Å². The van der Waals surface area contributed by atoms with Gasteiger partial charge in [-0.15, -0.1) is 0 Å². The Morgan fingerprint density at radius 2 is 2.08 bits per heavy atom. The van der Waals surface area contributed by atoms with E-state index in [1.54, 1.807) is 0 Å². The molecule has 0 saturated carbocycles. The first-order chi connectivity index (χ1) is 5.45. The average molecular weight is 288 g/mol. The number of oxazole rings is 1. The summed E-state index contributed by atoms with van der Waals surface area (Å²) in [6, 6.07) is 1.48. The van der Waals surface area contributed by atoms with Crippen molar-refractivity contribution in [3.8, 4) is 6.07 Å². The van der Waals surface area contributed by atoms with Gasteiger partial charge in [-0.05, 0) is 0 Å². The Balaban J connectivity index is 3.16. The maximum atomic E-state index is 11.8. The lowest BCUT2D eigenvalue weighted by Gasteiger charge is -1.96. The first kappa shape index (κ1) is 9.31. The van der Waals surface area contributed by atoms with Crippen molar-refractivity contribution in [3.05, 3.63) is 15.4 Å². The quantitative estimate of drug-likeness (QED) is 0.687. The van der Waals surface area contributed by atoms with Crippen LogP contribution in [0, 0.1) is 15.1 Å². The summed E-state index contributed by atoms with van der Waals surface area (Å²) in [5, 5.41) is 8.25. The molecule has 0 fully saturated rings.